The second-order valence-corrected chi connectivity index (χ2v) is 9.99. The molecule has 0 aliphatic heterocycles. The Morgan fingerprint density at radius 1 is 1.07 bits per heavy atom. The van der Waals surface area contributed by atoms with Crippen molar-refractivity contribution in [2.24, 2.45) is 17.2 Å². The van der Waals surface area contributed by atoms with E-state index in [1.54, 1.807) is 6.07 Å². The molecule has 224 valence electrons. The van der Waals surface area contributed by atoms with Crippen molar-refractivity contribution in [2.75, 3.05) is 12.8 Å². The van der Waals surface area contributed by atoms with Crippen molar-refractivity contribution < 1.29 is 45.6 Å². The Kier molecular flexibility index (Phi) is 13.8. The number of amides is 2. The average molecular weight is 602 g/mol. The number of carbonyl (C=O) groups is 3. The van der Waals surface area contributed by atoms with E-state index in [0.29, 0.717) is 36.9 Å². The molecule has 0 spiro atoms. The monoisotopic (exact) mass is 601 g/mol. The van der Waals surface area contributed by atoms with Gasteiger partial charge in [-0.25, -0.2) is 18.0 Å². The van der Waals surface area contributed by atoms with Gasteiger partial charge in [0.05, 0.1) is 23.4 Å². The van der Waals surface area contributed by atoms with Crippen molar-refractivity contribution in [3.05, 3.63) is 77.2 Å². The van der Waals surface area contributed by atoms with E-state index in [1.165, 1.54) is 6.20 Å². The van der Waals surface area contributed by atoms with Gasteiger partial charge in [0, 0.05) is 18.0 Å². The second-order valence-electron chi connectivity index (χ2n) is 8.53. The Morgan fingerprint density at radius 3 is 2.15 bits per heavy atom. The normalized spacial score (nSPS) is 12.2. The largest absolute Gasteiger partial charge is 0.480 e. The van der Waals surface area contributed by atoms with Crippen molar-refractivity contribution >= 4 is 38.8 Å². The number of carboxylic acid groups (broad SMARTS) is 1. The van der Waals surface area contributed by atoms with E-state index in [-0.39, 0.29) is 12.0 Å². The lowest BCUT2D eigenvalue weighted by atomic mass is 10.0. The zero-order chi connectivity index (χ0) is 31.3. The van der Waals surface area contributed by atoms with Crippen LogP contribution in [0.3, 0.4) is 0 Å². The molecule has 0 aliphatic rings. The molecule has 0 fully saturated rings. The molecule has 0 aliphatic carbocycles. The van der Waals surface area contributed by atoms with Crippen LogP contribution in [0.4, 0.5) is 13.2 Å². The van der Waals surface area contributed by atoms with Gasteiger partial charge < -0.3 is 27.6 Å². The first kappa shape index (κ1) is 34.9. The first-order valence-corrected chi connectivity index (χ1v) is 13.6. The van der Waals surface area contributed by atoms with Gasteiger partial charge in [-0.05, 0) is 49.2 Å². The van der Waals surface area contributed by atoms with Crippen LogP contribution >= 0.6 is 0 Å². The van der Waals surface area contributed by atoms with Gasteiger partial charge in [0.2, 0.25) is 11.8 Å². The number of primary amides is 1. The minimum atomic E-state index is -3.67. The smallest absolute Gasteiger partial charge is 0.326 e. The molecule has 16 heteroatoms. The molecule has 0 saturated carbocycles. The van der Waals surface area contributed by atoms with Gasteiger partial charge in [-0.2, -0.15) is 8.42 Å². The van der Waals surface area contributed by atoms with Gasteiger partial charge in [0.25, 0.3) is 10.1 Å². The number of nitrogens with one attached hydrogen (secondary N) is 1. The number of rotatable bonds is 9. The SMILES string of the molecule is CS(=O)(=O)O.NC(=O)c1cnc2ccccc2c1.NCCC[C@H](N)C(=O)N[C@H](Cc1cc(F)c(F)c(F)c1)C(=O)O. The van der Waals surface area contributed by atoms with E-state index in [4.69, 9.17) is 26.9 Å². The van der Waals surface area contributed by atoms with Crippen molar-refractivity contribution in [1.29, 1.82) is 0 Å². The molecule has 3 aromatic rings. The summed E-state index contributed by atoms with van der Waals surface area (Å²) < 4.78 is 65.0. The van der Waals surface area contributed by atoms with E-state index in [9.17, 15) is 36.0 Å². The summed E-state index contributed by atoms with van der Waals surface area (Å²) >= 11 is 0. The fraction of sp³-hybridized carbons (Fsp3) is 0.280. The van der Waals surface area contributed by atoms with Crippen LogP contribution in [-0.4, -0.2) is 65.7 Å². The number of carboxylic acids is 1. The number of aromatic nitrogens is 1. The van der Waals surface area contributed by atoms with Gasteiger partial charge >= 0.3 is 5.97 Å². The Bertz CT molecular complexity index is 1440. The van der Waals surface area contributed by atoms with Gasteiger partial charge in [0.15, 0.2) is 17.5 Å². The average Bonchev–Trinajstić information content (AvgIpc) is 2.88. The van der Waals surface area contributed by atoms with Crippen molar-refractivity contribution in [2.45, 2.75) is 31.3 Å². The number of fused-ring (bicyclic) bond motifs is 1. The first-order valence-electron chi connectivity index (χ1n) is 11.7. The maximum absolute atomic E-state index is 13.1. The standard InChI is InChI=1S/C14H18F3N3O3.C10H8N2O.CH4O3S/c15-8-4-7(5-9(16)12(8)17)6-11(14(22)23)20-13(21)10(19)2-1-3-18;11-10(13)8-5-7-3-1-2-4-9(7)12-6-8;1-5(2,3)4/h4-5,10-11H,1-3,6,18-19H2,(H,20,21)(H,22,23);1-6H,(H2,11,13);1H3,(H,2,3,4)/t10-,11+;;/m0../s1. The Morgan fingerprint density at radius 2 is 1.63 bits per heavy atom. The molecule has 1 aromatic heterocycles. The predicted molar refractivity (Wildman–Crippen MR) is 144 cm³/mol. The van der Waals surface area contributed by atoms with E-state index >= 15 is 0 Å². The molecular weight excluding hydrogens is 571 g/mol. The molecule has 2 atom stereocenters. The van der Waals surface area contributed by atoms with Crippen molar-refractivity contribution in [3.63, 3.8) is 0 Å². The van der Waals surface area contributed by atoms with Crippen LogP contribution in [0.15, 0.2) is 48.7 Å². The summed E-state index contributed by atoms with van der Waals surface area (Å²) in [7, 11) is -3.67. The number of para-hydroxylation sites is 1. The fourth-order valence-electron chi connectivity index (χ4n) is 3.12. The van der Waals surface area contributed by atoms with Crippen LogP contribution in [0, 0.1) is 17.5 Å². The summed E-state index contributed by atoms with van der Waals surface area (Å²) in [5, 5.41) is 12.2. The highest BCUT2D eigenvalue weighted by molar-refractivity contribution is 7.85. The summed E-state index contributed by atoms with van der Waals surface area (Å²) in [6.45, 7) is 0.331. The van der Waals surface area contributed by atoms with Crippen molar-refractivity contribution in [1.82, 2.24) is 10.3 Å². The number of aliphatic carboxylic acids is 1. The van der Waals surface area contributed by atoms with Gasteiger partial charge in [-0.15, -0.1) is 0 Å². The quantitative estimate of drug-likeness (QED) is 0.151. The lowest BCUT2D eigenvalue weighted by molar-refractivity contribution is -0.142. The highest BCUT2D eigenvalue weighted by atomic mass is 32.2. The number of hydrogen-bond donors (Lipinski definition) is 6. The first-order chi connectivity index (χ1) is 19.0. The lowest BCUT2D eigenvalue weighted by Gasteiger charge is -2.18. The van der Waals surface area contributed by atoms with Gasteiger partial charge in [0.1, 0.15) is 6.04 Å². The number of nitrogens with zero attached hydrogens (tertiary/aromatic N) is 1. The van der Waals surface area contributed by atoms with Crippen molar-refractivity contribution in [3.8, 4) is 0 Å². The second kappa shape index (κ2) is 16.2. The topological polar surface area (TPSA) is 229 Å². The van der Waals surface area contributed by atoms with E-state index < -0.39 is 63.9 Å². The molecule has 9 N–H and O–H groups in total. The predicted octanol–water partition coefficient (Wildman–Crippen LogP) is 1.12. The Hall–Kier alpha value is -4.12. The molecule has 2 amide bonds. The summed E-state index contributed by atoms with van der Waals surface area (Å²) in [6, 6.07) is 8.29. The van der Waals surface area contributed by atoms with Crippen LogP contribution in [0.2, 0.25) is 0 Å². The van der Waals surface area contributed by atoms with Gasteiger partial charge in [-0.1, -0.05) is 18.2 Å². The Balaban J connectivity index is 0.000000387. The van der Waals surface area contributed by atoms with Crippen LogP contribution in [0.25, 0.3) is 10.9 Å². The number of hydrogen-bond acceptors (Lipinski definition) is 8. The summed E-state index contributed by atoms with van der Waals surface area (Å²) in [4.78, 5) is 37.9. The minimum Gasteiger partial charge on any atom is -0.480 e. The van der Waals surface area contributed by atoms with Crippen LogP contribution < -0.4 is 22.5 Å². The van der Waals surface area contributed by atoms with E-state index in [2.05, 4.69) is 10.3 Å². The molecule has 0 unspecified atom stereocenters. The third-order valence-electron chi connectivity index (χ3n) is 5.03. The van der Waals surface area contributed by atoms with Crippen LogP contribution in [0.5, 0.6) is 0 Å². The van der Waals surface area contributed by atoms with Gasteiger partial charge in [-0.3, -0.25) is 19.1 Å². The molecule has 12 nitrogen and oxygen atoms in total. The fourth-order valence-corrected chi connectivity index (χ4v) is 3.12. The lowest BCUT2D eigenvalue weighted by Crippen LogP contribution is -2.49. The van der Waals surface area contributed by atoms with Crippen LogP contribution in [-0.2, 0) is 26.1 Å². The van der Waals surface area contributed by atoms with E-state index in [0.717, 1.165) is 10.9 Å². The maximum Gasteiger partial charge on any atom is 0.326 e. The third-order valence-corrected chi connectivity index (χ3v) is 5.03. The van der Waals surface area contributed by atoms with E-state index in [1.807, 2.05) is 24.3 Å². The molecule has 1 heterocycles. The molecule has 0 saturated heterocycles. The third kappa shape index (κ3) is 13.2. The minimum absolute atomic E-state index is 0.107. The van der Waals surface area contributed by atoms with Crippen LogP contribution in [0.1, 0.15) is 28.8 Å². The zero-order valence-corrected chi connectivity index (χ0v) is 22.6. The highest BCUT2D eigenvalue weighted by Gasteiger charge is 2.24. The number of pyridine rings is 1. The summed E-state index contributed by atoms with van der Waals surface area (Å²) in [5.41, 5.74) is 17.2. The molecule has 41 heavy (non-hydrogen) atoms. The molecule has 3 rings (SSSR count). The molecule has 2 aromatic carbocycles. The molecular formula is C25H30F3N5O7S. The zero-order valence-electron chi connectivity index (χ0n) is 21.8. The summed E-state index contributed by atoms with van der Waals surface area (Å²) in [6.07, 6.45) is 2.55. The highest BCUT2D eigenvalue weighted by Crippen LogP contribution is 2.15. The Labute approximate surface area is 233 Å². The number of nitrogens with two attached hydrogens (primary N) is 3. The number of carbonyl (C=O) groups excluding carboxylic acids is 2. The number of halogens is 3. The number of benzene rings is 2. The maximum atomic E-state index is 13.1. The summed E-state index contributed by atoms with van der Waals surface area (Å²) in [5.74, 6) is -7.08. The molecule has 0 bridgehead atoms. The molecule has 0 radical (unpaired) electrons.